The number of nitrogens with one attached hydrogen (secondary N) is 1. The largest absolute Gasteiger partial charge is 0.479 e. The molecule has 102 valence electrons. The molecule has 0 spiro atoms. The van der Waals surface area contributed by atoms with Gasteiger partial charge in [0.05, 0.1) is 6.10 Å². The van der Waals surface area contributed by atoms with E-state index in [-0.39, 0.29) is 12.1 Å². The quantitative estimate of drug-likeness (QED) is 0.714. The van der Waals surface area contributed by atoms with Crippen LogP contribution in [0.4, 0.5) is 4.79 Å². The molecule has 0 aromatic carbocycles. The van der Waals surface area contributed by atoms with Gasteiger partial charge >= 0.3 is 12.0 Å². The molecule has 1 aliphatic rings. The van der Waals surface area contributed by atoms with Crippen molar-refractivity contribution in [1.29, 1.82) is 0 Å². The number of carboxylic acid groups (broad SMARTS) is 1. The number of carbonyl (C=O) groups excluding carboxylic acids is 1. The second-order valence-electron chi connectivity index (χ2n) is 4.66. The van der Waals surface area contributed by atoms with Crippen molar-refractivity contribution < 1.29 is 19.4 Å². The zero-order chi connectivity index (χ0) is 13.7. The van der Waals surface area contributed by atoms with Gasteiger partial charge in [-0.2, -0.15) is 0 Å². The summed E-state index contributed by atoms with van der Waals surface area (Å²) in [5.74, 6) is -0.941. The summed E-state index contributed by atoms with van der Waals surface area (Å²) in [6, 6.07) is -0.208. The minimum atomic E-state index is -0.941. The number of likely N-dealkylation sites (N-methyl/N-ethyl adjacent to an activating group) is 1. The van der Waals surface area contributed by atoms with Crippen molar-refractivity contribution in [2.75, 3.05) is 20.1 Å². The standard InChI is InChI=1S/C12H20N2O4/c1-8(2)7-14(3)12(17)13-6-9-4-5-10(18-9)11(15)16/h9-10H,1,4-7H2,2-3H3,(H,13,17)(H,15,16). The highest BCUT2D eigenvalue weighted by Gasteiger charge is 2.30. The smallest absolute Gasteiger partial charge is 0.332 e. The van der Waals surface area contributed by atoms with E-state index in [1.807, 2.05) is 6.92 Å². The van der Waals surface area contributed by atoms with Crippen LogP contribution in [0.25, 0.3) is 0 Å². The van der Waals surface area contributed by atoms with E-state index in [0.29, 0.717) is 25.9 Å². The lowest BCUT2D eigenvalue weighted by molar-refractivity contribution is -0.149. The molecule has 6 heteroatoms. The van der Waals surface area contributed by atoms with Crippen molar-refractivity contribution in [3.63, 3.8) is 0 Å². The average Bonchev–Trinajstić information content (AvgIpc) is 2.73. The molecule has 1 rings (SSSR count). The van der Waals surface area contributed by atoms with Gasteiger partial charge in [0.1, 0.15) is 0 Å². The summed E-state index contributed by atoms with van der Waals surface area (Å²) in [5, 5.41) is 11.5. The van der Waals surface area contributed by atoms with Gasteiger partial charge in [-0.3, -0.25) is 0 Å². The SMILES string of the molecule is C=C(C)CN(C)C(=O)NCC1CCC(C(=O)O)O1. The first-order valence-corrected chi connectivity index (χ1v) is 5.91. The molecule has 2 amide bonds. The molecular formula is C12H20N2O4. The molecule has 0 aliphatic carbocycles. The van der Waals surface area contributed by atoms with Crippen LogP contribution >= 0.6 is 0 Å². The number of rotatable bonds is 5. The number of ether oxygens (including phenoxy) is 1. The van der Waals surface area contributed by atoms with Gasteiger partial charge in [0.2, 0.25) is 0 Å². The van der Waals surface area contributed by atoms with E-state index in [1.54, 1.807) is 7.05 Å². The molecule has 2 atom stereocenters. The number of urea groups is 1. The van der Waals surface area contributed by atoms with Crippen LogP contribution in [0, 0.1) is 0 Å². The van der Waals surface area contributed by atoms with Crippen LogP contribution < -0.4 is 5.32 Å². The van der Waals surface area contributed by atoms with Gasteiger partial charge in [-0.05, 0) is 19.8 Å². The Labute approximate surface area is 107 Å². The summed E-state index contributed by atoms with van der Waals surface area (Å²) in [5.41, 5.74) is 0.899. The summed E-state index contributed by atoms with van der Waals surface area (Å²) in [4.78, 5) is 23.9. The van der Waals surface area contributed by atoms with Gasteiger partial charge in [0.25, 0.3) is 0 Å². The number of carboxylic acids is 1. The molecule has 0 aromatic heterocycles. The average molecular weight is 256 g/mol. The summed E-state index contributed by atoms with van der Waals surface area (Å²) < 4.78 is 5.28. The first-order valence-electron chi connectivity index (χ1n) is 5.91. The summed E-state index contributed by atoms with van der Waals surface area (Å²) in [7, 11) is 1.68. The molecule has 6 nitrogen and oxygen atoms in total. The van der Waals surface area contributed by atoms with Crippen molar-refractivity contribution >= 4 is 12.0 Å². The van der Waals surface area contributed by atoms with Crippen molar-refractivity contribution in [2.45, 2.75) is 32.0 Å². The third kappa shape index (κ3) is 4.37. The molecule has 1 fully saturated rings. The summed E-state index contributed by atoms with van der Waals surface area (Å²) in [6.45, 7) is 6.41. The van der Waals surface area contributed by atoms with Gasteiger partial charge in [0, 0.05) is 20.1 Å². The van der Waals surface area contributed by atoms with Crippen molar-refractivity contribution in [1.82, 2.24) is 10.2 Å². The van der Waals surface area contributed by atoms with Crippen molar-refractivity contribution in [3.8, 4) is 0 Å². The van der Waals surface area contributed by atoms with Gasteiger partial charge in [-0.25, -0.2) is 9.59 Å². The maximum Gasteiger partial charge on any atom is 0.332 e. The molecule has 0 saturated carbocycles. The predicted octanol–water partition coefficient (Wildman–Crippen LogP) is 0.836. The lowest BCUT2D eigenvalue weighted by Gasteiger charge is -2.19. The highest BCUT2D eigenvalue weighted by atomic mass is 16.5. The predicted molar refractivity (Wildman–Crippen MR) is 66.4 cm³/mol. The van der Waals surface area contributed by atoms with Crippen molar-refractivity contribution in [2.24, 2.45) is 0 Å². The highest BCUT2D eigenvalue weighted by Crippen LogP contribution is 2.19. The minimum Gasteiger partial charge on any atom is -0.479 e. The highest BCUT2D eigenvalue weighted by molar-refractivity contribution is 5.74. The molecule has 1 saturated heterocycles. The molecule has 0 bridgehead atoms. The second kappa shape index (κ2) is 6.39. The third-order valence-electron chi connectivity index (χ3n) is 2.72. The van der Waals surface area contributed by atoms with E-state index in [1.165, 1.54) is 4.90 Å². The number of nitrogens with zero attached hydrogens (tertiary/aromatic N) is 1. The molecular weight excluding hydrogens is 236 g/mol. The van der Waals surface area contributed by atoms with E-state index < -0.39 is 12.1 Å². The molecule has 1 aliphatic heterocycles. The Morgan fingerprint density at radius 3 is 2.67 bits per heavy atom. The summed E-state index contributed by atoms with van der Waals surface area (Å²) >= 11 is 0. The van der Waals surface area contributed by atoms with Gasteiger partial charge < -0.3 is 20.1 Å². The fourth-order valence-electron chi connectivity index (χ4n) is 1.85. The van der Waals surface area contributed by atoms with E-state index in [4.69, 9.17) is 9.84 Å². The third-order valence-corrected chi connectivity index (χ3v) is 2.72. The Hall–Kier alpha value is -1.56. The molecule has 1 heterocycles. The van der Waals surface area contributed by atoms with Gasteiger partial charge in [0.15, 0.2) is 6.10 Å². The van der Waals surface area contributed by atoms with E-state index in [2.05, 4.69) is 11.9 Å². The first kappa shape index (κ1) is 14.5. The number of hydrogen-bond donors (Lipinski definition) is 2. The number of hydrogen-bond acceptors (Lipinski definition) is 3. The second-order valence-corrected chi connectivity index (χ2v) is 4.66. The van der Waals surface area contributed by atoms with E-state index in [0.717, 1.165) is 5.57 Å². The first-order chi connectivity index (χ1) is 8.40. The molecule has 0 radical (unpaired) electrons. The maximum atomic E-state index is 11.7. The Balaban J connectivity index is 2.27. The Morgan fingerprint density at radius 1 is 1.50 bits per heavy atom. The number of amides is 2. The minimum absolute atomic E-state index is 0.208. The molecule has 18 heavy (non-hydrogen) atoms. The van der Waals surface area contributed by atoms with Crippen molar-refractivity contribution in [3.05, 3.63) is 12.2 Å². The maximum absolute atomic E-state index is 11.7. The molecule has 2 unspecified atom stereocenters. The topological polar surface area (TPSA) is 78.9 Å². The fourth-order valence-corrected chi connectivity index (χ4v) is 1.85. The lowest BCUT2D eigenvalue weighted by atomic mass is 10.2. The zero-order valence-corrected chi connectivity index (χ0v) is 10.8. The molecule has 2 N–H and O–H groups in total. The lowest BCUT2D eigenvalue weighted by Crippen LogP contribution is -2.41. The Morgan fingerprint density at radius 2 is 2.17 bits per heavy atom. The van der Waals surface area contributed by atoms with Crippen LogP contribution in [-0.4, -0.2) is 54.4 Å². The van der Waals surface area contributed by atoms with Crippen LogP contribution in [0.3, 0.4) is 0 Å². The molecule has 0 aromatic rings. The van der Waals surface area contributed by atoms with Crippen LogP contribution in [0.2, 0.25) is 0 Å². The van der Waals surface area contributed by atoms with E-state index in [9.17, 15) is 9.59 Å². The summed E-state index contributed by atoms with van der Waals surface area (Å²) in [6.07, 6.45) is 0.201. The van der Waals surface area contributed by atoms with Crippen LogP contribution in [0.15, 0.2) is 12.2 Å². The van der Waals surface area contributed by atoms with Gasteiger partial charge in [-0.15, -0.1) is 0 Å². The zero-order valence-electron chi connectivity index (χ0n) is 10.8. The Kier molecular flexibility index (Phi) is 5.15. The van der Waals surface area contributed by atoms with Gasteiger partial charge in [-0.1, -0.05) is 12.2 Å². The Bertz CT molecular complexity index is 343. The normalized spacial score (nSPS) is 22.6. The fraction of sp³-hybridized carbons (Fsp3) is 0.667. The van der Waals surface area contributed by atoms with Crippen LogP contribution in [0.5, 0.6) is 0 Å². The van der Waals surface area contributed by atoms with Crippen LogP contribution in [0.1, 0.15) is 19.8 Å². The number of aliphatic carboxylic acids is 1. The number of carbonyl (C=O) groups is 2. The monoisotopic (exact) mass is 256 g/mol. The van der Waals surface area contributed by atoms with Crippen LogP contribution in [-0.2, 0) is 9.53 Å². The van der Waals surface area contributed by atoms with E-state index >= 15 is 0 Å².